The van der Waals surface area contributed by atoms with Gasteiger partial charge in [-0.1, -0.05) is 42.1 Å². The van der Waals surface area contributed by atoms with Crippen LogP contribution in [0.15, 0.2) is 35.5 Å². The van der Waals surface area contributed by atoms with Crippen LogP contribution in [0.3, 0.4) is 0 Å². The van der Waals surface area contributed by atoms with Crippen LogP contribution in [0, 0.1) is 5.92 Å². The van der Waals surface area contributed by atoms with Gasteiger partial charge < -0.3 is 10.3 Å². The Hall–Kier alpha value is -1.47. The molecule has 0 spiro atoms. The molecule has 24 heavy (non-hydrogen) atoms. The molecule has 0 saturated heterocycles. The minimum absolute atomic E-state index is 0.00296. The highest BCUT2D eigenvalue weighted by atomic mass is 32.2. The standard InChI is InChI=1S/C17H22F2N4S/c18-17(19)8-6-14(7-9-17)12-24-16-22-21-15(10-20)23(16)11-13-4-2-1-3-5-13/h1-5,14H,6-12,20H2. The van der Waals surface area contributed by atoms with Crippen LogP contribution in [0.4, 0.5) is 8.78 Å². The molecule has 0 radical (unpaired) electrons. The van der Waals surface area contributed by atoms with E-state index in [2.05, 4.69) is 22.3 Å². The second-order valence-corrected chi connectivity index (χ2v) is 7.27. The topological polar surface area (TPSA) is 56.7 Å². The molecule has 0 aliphatic heterocycles. The van der Waals surface area contributed by atoms with E-state index in [0.29, 0.717) is 31.8 Å². The lowest BCUT2D eigenvalue weighted by Gasteiger charge is -2.27. The van der Waals surface area contributed by atoms with Crippen molar-refractivity contribution in [2.45, 2.75) is 49.9 Å². The summed E-state index contributed by atoms with van der Waals surface area (Å²) in [4.78, 5) is 0. The Bertz CT molecular complexity index is 650. The molecule has 7 heteroatoms. The van der Waals surface area contributed by atoms with Crippen LogP contribution < -0.4 is 5.73 Å². The maximum Gasteiger partial charge on any atom is 0.248 e. The van der Waals surface area contributed by atoms with E-state index in [0.717, 1.165) is 22.3 Å². The third-order valence-corrected chi connectivity index (χ3v) is 5.64. The quantitative estimate of drug-likeness (QED) is 0.806. The Morgan fingerprint density at radius 3 is 2.54 bits per heavy atom. The first-order valence-electron chi connectivity index (χ1n) is 8.24. The monoisotopic (exact) mass is 352 g/mol. The van der Waals surface area contributed by atoms with Crippen LogP contribution in [0.5, 0.6) is 0 Å². The normalized spacial score (nSPS) is 18.0. The van der Waals surface area contributed by atoms with Crippen molar-refractivity contribution in [3.63, 3.8) is 0 Å². The lowest BCUT2D eigenvalue weighted by molar-refractivity contribution is -0.0433. The largest absolute Gasteiger partial charge is 0.324 e. The van der Waals surface area contributed by atoms with Crippen molar-refractivity contribution in [2.24, 2.45) is 11.7 Å². The van der Waals surface area contributed by atoms with Gasteiger partial charge in [0.1, 0.15) is 5.82 Å². The van der Waals surface area contributed by atoms with Crippen molar-refractivity contribution in [3.05, 3.63) is 41.7 Å². The van der Waals surface area contributed by atoms with Crippen molar-refractivity contribution >= 4 is 11.8 Å². The van der Waals surface area contributed by atoms with E-state index in [1.807, 2.05) is 22.8 Å². The van der Waals surface area contributed by atoms with Crippen LogP contribution in [0.2, 0.25) is 0 Å². The summed E-state index contributed by atoms with van der Waals surface area (Å²) in [5, 5.41) is 9.23. The molecule has 0 unspecified atom stereocenters. The number of alkyl halides is 2. The maximum absolute atomic E-state index is 13.2. The molecule has 1 aromatic heterocycles. The van der Waals surface area contributed by atoms with Crippen molar-refractivity contribution in [2.75, 3.05) is 5.75 Å². The second-order valence-electron chi connectivity index (χ2n) is 6.29. The number of aromatic nitrogens is 3. The smallest absolute Gasteiger partial charge is 0.248 e. The Balaban J connectivity index is 1.64. The number of benzene rings is 1. The predicted molar refractivity (Wildman–Crippen MR) is 91.1 cm³/mol. The fourth-order valence-electron chi connectivity index (χ4n) is 2.96. The average Bonchev–Trinajstić information content (AvgIpc) is 2.97. The number of thioether (sulfide) groups is 1. The Labute approximate surface area is 144 Å². The van der Waals surface area contributed by atoms with Crippen LogP contribution >= 0.6 is 11.8 Å². The summed E-state index contributed by atoms with van der Waals surface area (Å²) in [5.74, 6) is -0.608. The lowest BCUT2D eigenvalue weighted by atomic mass is 9.88. The highest BCUT2D eigenvalue weighted by molar-refractivity contribution is 7.99. The first-order valence-corrected chi connectivity index (χ1v) is 9.22. The highest BCUT2D eigenvalue weighted by Crippen LogP contribution is 2.38. The molecular formula is C17H22F2N4S. The van der Waals surface area contributed by atoms with Crippen LogP contribution in [0.1, 0.15) is 37.1 Å². The third kappa shape index (κ3) is 4.33. The van der Waals surface area contributed by atoms with Gasteiger partial charge >= 0.3 is 0 Å². The van der Waals surface area contributed by atoms with Crippen LogP contribution in [-0.4, -0.2) is 26.4 Å². The zero-order valence-electron chi connectivity index (χ0n) is 13.5. The zero-order valence-corrected chi connectivity index (χ0v) is 14.3. The SMILES string of the molecule is NCc1nnc(SCC2CCC(F)(F)CC2)n1Cc1ccccc1. The number of rotatable bonds is 6. The van der Waals surface area contributed by atoms with Gasteiger partial charge in [-0.15, -0.1) is 10.2 Å². The Kier molecular flexibility index (Phi) is 5.50. The van der Waals surface area contributed by atoms with E-state index in [1.165, 1.54) is 0 Å². The van der Waals surface area contributed by atoms with Crippen LogP contribution in [-0.2, 0) is 13.1 Å². The average molecular weight is 352 g/mol. The first kappa shape index (κ1) is 17.4. The summed E-state index contributed by atoms with van der Waals surface area (Å²) >= 11 is 1.60. The van der Waals surface area contributed by atoms with Gasteiger partial charge in [0.25, 0.3) is 0 Å². The van der Waals surface area contributed by atoms with Crippen molar-refractivity contribution in [3.8, 4) is 0 Å². The van der Waals surface area contributed by atoms with Gasteiger partial charge in [-0.2, -0.15) is 0 Å². The number of hydrogen-bond acceptors (Lipinski definition) is 4. The summed E-state index contributed by atoms with van der Waals surface area (Å²) < 4.78 is 28.5. The molecule has 1 aromatic carbocycles. The summed E-state index contributed by atoms with van der Waals surface area (Å²) in [6.07, 6.45) is 1.17. The van der Waals surface area contributed by atoms with Gasteiger partial charge in [-0.25, -0.2) is 8.78 Å². The second kappa shape index (κ2) is 7.61. The van der Waals surface area contributed by atoms with Gasteiger partial charge in [0.05, 0.1) is 13.1 Å². The van der Waals surface area contributed by atoms with E-state index in [-0.39, 0.29) is 12.8 Å². The maximum atomic E-state index is 13.2. The molecule has 1 heterocycles. The summed E-state index contributed by atoms with van der Waals surface area (Å²) in [5.41, 5.74) is 6.93. The van der Waals surface area contributed by atoms with E-state index in [4.69, 9.17) is 5.73 Å². The molecule has 1 fully saturated rings. The summed E-state index contributed by atoms with van der Waals surface area (Å²) in [6.45, 7) is 1.00. The number of hydrogen-bond donors (Lipinski definition) is 1. The summed E-state index contributed by atoms with van der Waals surface area (Å²) in [6, 6.07) is 10.1. The fourth-order valence-corrected chi connectivity index (χ4v) is 4.10. The van der Waals surface area contributed by atoms with Gasteiger partial charge in [0, 0.05) is 18.6 Å². The van der Waals surface area contributed by atoms with Gasteiger partial charge in [-0.05, 0) is 24.3 Å². The number of nitrogens with two attached hydrogens (primary N) is 1. The predicted octanol–water partition coefficient (Wildman–Crippen LogP) is 3.70. The van der Waals surface area contributed by atoms with Crippen LogP contribution in [0.25, 0.3) is 0 Å². The first-order chi connectivity index (χ1) is 11.6. The molecule has 0 atom stereocenters. The molecule has 2 N–H and O–H groups in total. The third-order valence-electron chi connectivity index (χ3n) is 4.44. The summed E-state index contributed by atoms with van der Waals surface area (Å²) in [7, 11) is 0. The minimum Gasteiger partial charge on any atom is -0.324 e. The minimum atomic E-state index is -2.47. The fraction of sp³-hybridized carbons (Fsp3) is 0.529. The molecule has 1 aliphatic carbocycles. The van der Waals surface area contributed by atoms with E-state index in [9.17, 15) is 8.78 Å². The molecule has 2 aromatic rings. The molecule has 0 amide bonds. The number of nitrogens with zero attached hydrogens (tertiary/aromatic N) is 3. The van der Waals surface area contributed by atoms with E-state index >= 15 is 0 Å². The lowest BCUT2D eigenvalue weighted by Crippen LogP contribution is -2.25. The highest BCUT2D eigenvalue weighted by Gasteiger charge is 2.34. The van der Waals surface area contributed by atoms with Gasteiger partial charge in [0.2, 0.25) is 5.92 Å². The van der Waals surface area contributed by atoms with Gasteiger partial charge in [0.15, 0.2) is 5.16 Å². The molecule has 3 rings (SSSR count). The molecule has 4 nitrogen and oxygen atoms in total. The Morgan fingerprint density at radius 2 is 1.88 bits per heavy atom. The molecule has 1 saturated carbocycles. The van der Waals surface area contributed by atoms with Gasteiger partial charge in [-0.3, -0.25) is 0 Å². The molecular weight excluding hydrogens is 330 g/mol. The molecule has 0 bridgehead atoms. The van der Waals surface area contributed by atoms with Crippen molar-refractivity contribution < 1.29 is 8.78 Å². The Morgan fingerprint density at radius 1 is 1.17 bits per heavy atom. The molecule has 130 valence electrons. The van der Waals surface area contributed by atoms with Crippen molar-refractivity contribution in [1.82, 2.24) is 14.8 Å². The van der Waals surface area contributed by atoms with Crippen molar-refractivity contribution in [1.29, 1.82) is 0 Å². The van der Waals surface area contributed by atoms with E-state index in [1.54, 1.807) is 11.8 Å². The zero-order chi connectivity index (χ0) is 17.0. The molecule has 1 aliphatic rings. The van der Waals surface area contributed by atoms with E-state index < -0.39 is 5.92 Å². The number of halogens is 2.